The minimum absolute atomic E-state index is 0.258. The molecule has 132 valence electrons. The minimum Gasteiger partial charge on any atom is -0.493 e. The third-order valence-corrected chi connectivity index (χ3v) is 4.66. The van der Waals surface area contributed by atoms with Crippen LogP contribution in [0.3, 0.4) is 0 Å². The van der Waals surface area contributed by atoms with Crippen LogP contribution in [0.25, 0.3) is 10.9 Å². The Balaban J connectivity index is 1.93. The van der Waals surface area contributed by atoms with Gasteiger partial charge in [-0.15, -0.1) is 0 Å². The summed E-state index contributed by atoms with van der Waals surface area (Å²) in [5.74, 6) is 1.81. The summed E-state index contributed by atoms with van der Waals surface area (Å²) >= 11 is 0. The smallest absolute Gasteiger partial charge is 0.161 e. The standard InChI is InChI=1S/C21H26N2O2/c1-4-25-21-12-15(9-10-20(21)24-3)11-16(13-22)18-14-23(2)19-8-6-5-7-17(18)19/h5-10,12,14,16H,4,11,13,22H2,1-3H3. The number of ether oxygens (including phenoxy) is 2. The third-order valence-electron chi connectivity index (χ3n) is 4.66. The maximum absolute atomic E-state index is 6.14. The normalized spacial score (nSPS) is 12.3. The van der Waals surface area contributed by atoms with Crippen LogP contribution in [0.1, 0.15) is 24.0 Å². The second-order valence-corrected chi connectivity index (χ2v) is 6.27. The van der Waals surface area contributed by atoms with E-state index in [1.807, 2.05) is 13.0 Å². The molecule has 3 rings (SSSR count). The molecule has 0 aliphatic carbocycles. The Labute approximate surface area is 149 Å². The molecule has 4 nitrogen and oxygen atoms in total. The van der Waals surface area contributed by atoms with E-state index in [4.69, 9.17) is 15.2 Å². The minimum atomic E-state index is 0.258. The highest BCUT2D eigenvalue weighted by Gasteiger charge is 2.17. The number of methoxy groups -OCH3 is 1. The van der Waals surface area contributed by atoms with E-state index in [0.717, 1.165) is 17.9 Å². The Morgan fingerprint density at radius 2 is 1.92 bits per heavy atom. The number of nitrogens with two attached hydrogens (primary N) is 1. The molecule has 1 unspecified atom stereocenters. The average Bonchev–Trinajstić information content (AvgIpc) is 2.97. The maximum atomic E-state index is 6.14. The van der Waals surface area contributed by atoms with Gasteiger partial charge in [-0.25, -0.2) is 0 Å². The molecule has 0 aliphatic heterocycles. The molecule has 0 aliphatic rings. The predicted octanol–water partition coefficient (Wildman–Crippen LogP) is 3.87. The number of fused-ring (bicyclic) bond motifs is 1. The molecule has 1 aromatic heterocycles. The summed E-state index contributed by atoms with van der Waals surface area (Å²) in [5.41, 5.74) is 9.88. The first-order valence-corrected chi connectivity index (χ1v) is 8.71. The Morgan fingerprint density at radius 1 is 1.12 bits per heavy atom. The van der Waals surface area contributed by atoms with E-state index in [-0.39, 0.29) is 5.92 Å². The van der Waals surface area contributed by atoms with Crippen molar-refractivity contribution in [3.63, 3.8) is 0 Å². The fourth-order valence-corrected chi connectivity index (χ4v) is 3.42. The average molecular weight is 338 g/mol. The van der Waals surface area contributed by atoms with Crippen LogP contribution in [0.5, 0.6) is 11.5 Å². The van der Waals surface area contributed by atoms with E-state index in [9.17, 15) is 0 Å². The third kappa shape index (κ3) is 3.49. The first kappa shape index (κ1) is 17.4. The van der Waals surface area contributed by atoms with Crippen molar-refractivity contribution in [1.82, 2.24) is 4.57 Å². The van der Waals surface area contributed by atoms with E-state index in [2.05, 4.69) is 54.2 Å². The van der Waals surface area contributed by atoms with Crippen LogP contribution >= 0.6 is 0 Å². The van der Waals surface area contributed by atoms with Crippen molar-refractivity contribution in [3.05, 3.63) is 59.8 Å². The summed E-state index contributed by atoms with van der Waals surface area (Å²) in [4.78, 5) is 0. The van der Waals surface area contributed by atoms with E-state index in [1.54, 1.807) is 7.11 Å². The zero-order valence-corrected chi connectivity index (χ0v) is 15.2. The van der Waals surface area contributed by atoms with Gasteiger partial charge in [-0.05, 0) is 49.2 Å². The molecular weight excluding hydrogens is 312 g/mol. The molecule has 2 aromatic carbocycles. The van der Waals surface area contributed by atoms with Crippen LogP contribution < -0.4 is 15.2 Å². The van der Waals surface area contributed by atoms with Gasteiger partial charge in [0.05, 0.1) is 13.7 Å². The molecule has 3 aromatic rings. The van der Waals surface area contributed by atoms with Crippen LogP contribution in [-0.4, -0.2) is 24.8 Å². The number of hydrogen-bond donors (Lipinski definition) is 1. The summed E-state index contributed by atoms with van der Waals surface area (Å²) in [6, 6.07) is 14.6. The fourth-order valence-electron chi connectivity index (χ4n) is 3.42. The van der Waals surface area contributed by atoms with Crippen LogP contribution in [0.15, 0.2) is 48.7 Å². The highest BCUT2D eigenvalue weighted by Crippen LogP contribution is 2.32. The fraction of sp³-hybridized carbons (Fsp3) is 0.333. The van der Waals surface area contributed by atoms with Gasteiger partial charge in [0.1, 0.15) is 0 Å². The molecule has 0 amide bonds. The van der Waals surface area contributed by atoms with Gasteiger partial charge < -0.3 is 19.8 Å². The van der Waals surface area contributed by atoms with Crippen molar-refractivity contribution in [2.45, 2.75) is 19.3 Å². The van der Waals surface area contributed by atoms with E-state index in [0.29, 0.717) is 13.2 Å². The predicted molar refractivity (Wildman–Crippen MR) is 103 cm³/mol. The molecule has 0 bridgehead atoms. The highest BCUT2D eigenvalue weighted by atomic mass is 16.5. The first-order chi connectivity index (χ1) is 12.2. The lowest BCUT2D eigenvalue weighted by atomic mass is 9.91. The van der Waals surface area contributed by atoms with Crippen molar-refractivity contribution in [2.75, 3.05) is 20.3 Å². The Hall–Kier alpha value is -2.46. The van der Waals surface area contributed by atoms with Gasteiger partial charge in [-0.1, -0.05) is 24.3 Å². The van der Waals surface area contributed by atoms with Gasteiger partial charge in [0, 0.05) is 30.1 Å². The van der Waals surface area contributed by atoms with Crippen molar-refractivity contribution >= 4 is 10.9 Å². The largest absolute Gasteiger partial charge is 0.493 e. The van der Waals surface area contributed by atoms with Crippen LogP contribution in [0.2, 0.25) is 0 Å². The monoisotopic (exact) mass is 338 g/mol. The number of rotatable bonds is 7. The Bertz CT molecular complexity index is 854. The van der Waals surface area contributed by atoms with Crippen molar-refractivity contribution in [1.29, 1.82) is 0 Å². The Kier molecular flexibility index (Phi) is 5.29. The van der Waals surface area contributed by atoms with Crippen molar-refractivity contribution < 1.29 is 9.47 Å². The summed E-state index contributed by atoms with van der Waals surface area (Å²) in [6.45, 7) is 3.19. The molecule has 0 spiro atoms. The maximum Gasteiger partial charge on any atom is 0.161 e. The second-order valence-electron chi connectivity index (χ2n) is 6.27. The van der Waals surface area contributed by atoms with Gasteiger partial charge in [-0.2, -0.15) is 0 Å². The molecule has 0 radical (unpaired) electrons. The van der Waals surface area contributed by atoms with Gasteiger partial charge in [0.15, 0.2) is 11.5 Å². The van der Waals surface area contributed by atoms with Crippen LogP contribution in [0.4, 0.5) is 0 Å². The van der Waals surface area contributed by atoms with Crippen molar-refractivity contribution in [3.8, 4) is 11.5 Å². The number of hydrogen-bond acceptors (Lipinski definition) is 3. The molecule has 1 heterocycles. The Morgan fingerprint density at radius 3 is 2.64 bits per heavy atom. The summed E-state index contributed by atoms with van der Waals surface area (Å²) in [6.07, 6.45) is 3.07. The van der Waals surface area contributed by atoms with Gasteiger partial charge in [-0.3, -0.25) is 0 Å². The van der Waals surface area contributed by atoms with Crippen LogP contribution in [0, 0.1) is 0 Å². The highest BCUT2D eigenvalue weighted by molar-refractivity contribution is 5.84. The zero-order valence-electron chi connectivity index (χ0n) is 15.2. The lowest BCUT2D eigenvalue weighted by molar-refractivity contribution is 0.310. The van der Waals surface area contributed by atoms with E-state index < -0.39 is 0 Å². The zero-order chi connectivity index (χ0) is 17.8. The number of para-hydroxylation sites is 1. The quantitative estimate of drug-likeness (QED) is 0.711. The van der Waals surface area contributed by atoms with Gasteiger partial charge in [0.25, 0.3) is 0 Å². The molecule has 2 N–H and O–H groups in total. The summed E-state index contributed by atoms with van der Waals surface area (Å²) in [7, 11) is 3.75. The van der Waals surface area contributed by atoms with Crippen molar-refractivity contribution in [2.24, 2.45) is 12.8 Å². The van der Waals surface area contributed by atoms with Gasteiger partial charge >= 0.3 is 0 Å². The second kappa shape index (κ2) is 7.62. The number of nitrogens with zero attached hydrogens (tertiary/aromatic N) is 1. The molecule has 0 saturated carbocycles. The topological polar surface area (TPSA) is 49.4 Å². The molecule has 0 saturated heterocycles. The number of aromatic nitrogens is 1. The van der Waals surface area contributed by atoms with E-state index >= 15 is 0 Å². The molecule has 25 heavy (non-hydrogen) atoms. The number of aryl methyl sites for hydroxylation is 1. The summed E-state index contributed by atoms with van der Waals surface area (Å²) in [5, 5.41) is 1.28. The lowest BCUT2D eigenvalue weighted by Crippen LogP contribution is -2.15. The summed E-state index contributed by atoms with van der Waals surface area (Å²) < 4.78 is 13.3. The first-order valence-electron chi connectivity index (χ1n) is 8.71. The lowest BCUT2D eigenvalue weighted by Gasteiger charge is -2.16. The molecule has 1 atom stereocenters. The SMILES string of the molecule is CCOc1cc(CC(CN)c2cn(C)c3ccccc23)ccc1OC. The van der Waals surface area contributed by atoms with Crippen LogP contribution in [-0.2, 0) is 13.5 Å². The molecule has 4 heteroatoms. The van der Waals surface area contributed by atoms with Gasteiger partial charge in [0.2, 0.25) is 0 Å². The molecule has 0 fully saturated rings. The van der Waals surface area contributed by atoms with E-state index in [1.165, 1.54) is 22.0 Å². The number of benzene rings is 2. The molecular formula is C21H26N2O2.